The van der Waals surface area contributed by atoms with Crippen molar-refractivity contribution in [2.75, 3.05) is 6.54 Å². The minimum absolute atomic E-state index is 0.0442. The molecule has 1 aromatic carbocycles. The second-order valence-electron chi connectivity index (χ2n) is 5.81. The maximum absolute atomic E-state index is 14.2. The number of hydrogen-bond donors (Lipinski definition) is 1. The molecule has 0 amide bonds. The van der Waals surface area contributed by atoms with Gasteiger partial charge in [-0.1, -0.05) is 17.7 Å². The van der Waals surface area contributed by atoms with E-state index in [1.165, 1.54) is 18.4 Å². The van der Waals surface area contributed by atoms with Crippen LogP contribution in [0.25, 0.3) is 0 Å². The summed E-state index contributed by atoms with van der Waals surface area (Å²) < 4.78 is 14.2. The summed E-state index contributed by atoms with van der Waals surface area (Å²) in [5.41, 5.74) is 9.12. The fraction of sp³-hybridized carbons (Fsp3) is 0.412. The molecule has 0 bridgehead atoms. The van der Waals surface area contributed by atoms with Gasteiger partial charge in [-0.15, -0.1) is 0 Å². The first-order chi connectivity index (χ1) is 10.2. The monoisotopic (exact) mass is 304 g/mol. The van der Waals surface area contributed by atoms with E-state index in [1.54, 1.807) is 17.4 Å². The van der Waals surface area contributed by atoms with Crippen molar-refractivity contribution in [2.24, 2.45) is 5.73 Å². The maximum atomic E-state index is 14.2. The van der Waals surface area contributed by atoms with E-state index in [0.29, 0.717) is 12.6 Å². The molecule has 0 aliphatic heterocycles. The average molecular weight is 304 g/mol. The first-order valence-electron chi connectivity index (χ1n) is 7.42. The van der Waals surface area contributed by atoms with Crippen molar-refractivity contribution in [3.8, 4) is 0 Å². The molecule has 0 saturated heterocycles. The Balaban J connectivity index is 1.89. The topological polar surface area (TPSA) is 29.3 Å². The predicted octanol–water partition coefficient (Wildman–Crippen LogP) is 3.86. The number of aryl methyl sites for hydroxylation is 1. The van der Waals surface area contributed by atoms with E-state index in [-0.39, 0.29) is 11.9 Å². The molecule has 21 heavy (non-hydrogen) atoms. The van der Waals surface area contributed by atoms with Gasteiger partial charge in [0.2, 0.25) is 0 Å². The first kappa shape index (κ1) is 14.7. The van der Waals surface area contributed by atoms with Crippen LogP contribution in [0.5, 0.6) is 0 Å². The van der Waals surface area contributed by atoms with Gasteiger partial charge < -0.3 is 5.73 Å². The largest absolute Gasteiger partial charge is 0.329 e. The second-order valence-corrected chi connectivity index (χ2v) is 6.59. The molecule has 112 valence electrons. The number of nitrogens with zero attached hydrogens (tertiary/aromatic N) is 1. The SMILES string of the molecule is Cc1ccc(F)c(C(CN)N(Cc2ccsc2)C2CC2)c1. The molecular formula is C17H21FN2S. The van der Waals surface area contributed by atoms with Crippen molar-refractivity contribution < 1.29 is 4.39 Å². The lowest BCUT2D eigenvalue weighted by molar-refractivity contribution is 0.178. The molecule has 2 aromatic rings. The molecule has 0 spiro atoms. The Labute approximate surface area is 129 Å². The van der Waals surface area contributed by atoms with Crippen LogP contribution in [0.2, 0.25) is 0 Å². The second kappa shape index (κ2) is 6.26. The highest BCUT2D eigenvalue weighted by molar-refractivity contribution is 7.07. The van der Waals surface area contributed by atoms with E-state index in [0.717, 1.165) is 17.7 Å². The number of benzene rings is 1. The summed E-state index contributed by atoms with van der Waals surface area (Å²) in [4.78, 5) is 2.37. The van der Waals surface area contributed by atoms with Crippen LogP contribution < -0.4 is 5.73 Å². The van der Waals surface area contributed by atoms with Crippen molar-refractivity contribution in [1.29, 1.82) is 0 Å². The third-order valence-electron chi connectivity index (χ3n) is 4.10. The van der Waals surface area contributed by atoms with Gasteiger partial charge in [0.15, 0.2) is 0 Å². The van der Waals surface area contributed by atoms with Gasteiger partial charge in [-0.2, -0.15) is 11.3 Å². The third-order valence-corrected chi connectivity index (χ3v) is 4.83. The molecule has 1 fully saturated rings. The van der Waals surface area contributed by atoms with Gasteiger partial charge in [0.25, 0.3) is 0 Å². The summed E-state index contributed by atoms with van der Waals surface area (Å²) >= 11 is 1.70. The molecule has 1 heterocycles. The van der Waals surface area contributed by atoms with Crippen LogP contribution >= 0.6 is 11.3 Å². The fourth-order valence-electron chi connectivity index (χ4n) is 2.85. The smallest absolute Gasteiger partial charge is 0.128 e. The Kier molecular flexibility index (Phi) is 4.38. The van der Waals surface area contributed by atoms with Gasteiger partial charge in [0.1, 0.15) is 5.82 Å². The van der Waals surface area contributed by atoms with E-state index < -0.39 is 0 Å². The van der Waals surface area contributed by atoms with E-state index in [4.69, 9.17) is 5.73 Å². The van der Waals surface area contributed by atoms with Gasteiger partial charge in [0.05, 0.1) is 6.04 Å². The molecule has 4 heteroatoms. The minimum Gasteiger partial charge on any atom is -0.329 e. The summed E-state index contributed by atoms with van der Waals surface area (Å²) in [5, 5.41) is 4.25. The molecule has 1 aromatic heterocycles. The lowest BCUT2D eigenvalue weighted by Gasteiger charge is -2.31. The Hall–Kier alpha value is -1.23. The Morgan fingerprint density at radius 1 is 1.38 bits per heavy atom. The summed E-state index contributed by atoms with van der Waals surface area (Å²) in [6.07, 6.45) is 2.38. The van der Waals surface area contributed by atoms with Crippen LogP contribution in [-0.2, 0) is 6.54 Å². The van der Waals surface area contributed by atoms with E-state index >= 15 is 0 Å². The molecule has 1 aliphatic carbocycles. The highest BCUT2D eigenvalue weighted by Gasteiger charge is 2.35. The zero-order valence-corrected chi connectivity index (χ0v) is 13.1. The quantitative estimate of drug-likeness (QED) is 0.878. The molecule has 3 rings (SSSR count). The van der Waals surface area contributed by atoms with Crippen LogP contribution in [0.3, 0.4) is 0 Å². The van der Waals surface area contributed by atoms with Crippen LogP contribution in [0.4, 0.5) is 4.39 Å². The summed E-state index contributed by atoms with van der Waals surface area (Å²) in [6.45, 7) is 3.29. The van der Waals surface area contributed by atoms with Gasteiger partial charge in [-0.3, -0.25) is 4.90 Å². The van der Waals surface area contributed by atoms with E-state index in [9.17, 15) is 4.39 Å². The van der Waals surface area contributed by atoms with Crippen molar-refractivity contribution in [1.82, 2.24) is 4.90 Å². The fourth-order valence-corrected chi connectivity index (χ4v) is 3.51. The van der Waals surface area contributed by atoms with Crippen molar-refractivity contribution in [3.05, 3.63) is 57.5 Å². The molecule has 2 nitrogen and oxygen atoms in total. The standard InChI is InChI=1S/C17H21FN2S/c1-12-2-5-16(18)15(8-12)17(9-19)20(14-3-4-14)10-13-6-7-21-11-13/h2,5-8,11,14,17H,3-4,9-10,19H2,1H3. The van der Waals surface area contributed by atoms with E-state index in [2.05, 4.69) is 21.7 Å². The molecule has 1 aliphatic rings. The number of hydrogen-bond acceptors (Lipinski definition) is 3. The molecular weight excluding hydrogens is 283 g/mol. The van der Waals surface area contributed by atoms with Crippen LogP contribution in [0.15, 0.2) is 35.0 Å². The minimum atomic E-state index is -0.146. The lowest BCUT2D eigenvalue weighted by Crippen LogP contribution is -2.35. The third kappa shape index (κ3) is 3.34. The molecule has 0 radical (unpaired) electrons. The zero-order valence-electron chi connectivity index (χ0n) is 12.3. The van der Waals surface area contributed by atoms with Gasteiger partial charge in [0, 0.05) is 24.7 Å². The number of halogens is 1. The summed E-state index contributed by atoms with van der Waals surface area (Å²) in [5.74, 6) is -0.146. The Morgan fingerprint density at radius 2 is 2.19 bits per heavy atom. The molecule has 1 saturated carbocycles. The zero-order chi connectivity index (χ0) is 14.8. The highest BCUT2D eigenvalue weighted by atomic mass is 32.1. The number of rotatable bonds is 6. The van der Waals surface area contributed by atoms with E-state index in [1.807, 2.05) is 19.1 Å². The van der Waals surface area contributed by atoms with Crippen molar-refractivity contribution in [3.63, 3.8) is 0 Å². The van der Waals surface area contributed by atoms with Crippen LogP contribution in [-0.4, -0.2) is 17.5 Å². The van der Waals surface area contributed by atoms with Gasteiger partial charge in [-0.05, 0) is 48.2 Å². The first-order valence-corrected chi connectivity index (χ1v) is 8.36. The highest BCUT2D eigenvalue weighted by Crippen LogP contribution is 2.36. The van der Waals surface area contributed by atoms with Crippen molar-refractivity contribution in [2.45, 2.75) is 38.4 Å². The molecule has 2 N–H and O–H groups in total. The lowest BCUT2D eigenvalue weighted by atomic mass is 10.0. The van der Waals surface area contributed by atoms with Crippen LogP contribution in [0, 0.1) is 12.7 Å². The predicted molar refractivity (Wildman–Crippen MR) is 85.8 cm³/mol. The normalized spacial score (nSPS) is 16.4. The summed E-state index contributed by atoms with van der Waals surface area (Å²) in [7, 11) is 0. The van der Waals surface area contributed by atoms with Gasteiger partial charge in [-0.25, -0.2) is 4.39 Å². The summed E-state index contributed by atoms with van der Waals surface area (Å²) in [6, 6.07) is 7.95. The molecule has 1 unspecified atom stereocenters. The van der Waals surface area contributed by atoms with Crippen LogP contribution in [0.1, 0.15) is 35.6 Å². The van der Waals surface area contributed by atoms with Gasteiger partial charge >= 0.3 is 0 Å². The maximum Gasteiger partial charge on any atom is 0.128 e. The Bertz CT molecular complexity index is 593. The number of nitrogens with two attached hydrogens (primary N) is 1. The Morgan fingerprint density at radius 3 is 2.81 bits per heavy atom. The number of thiophene rings is 1. The molecule has 1 atom stereocenters. The van der Waals surface area contributed by atoms with Crippen molar-refractivity contribution >= 4 is 11.3 Å². The average Bonchev–Trinajstić information content (AvgIpc) is 3.19.